The van der Waals surface area contributed by atoms with E-state index < -0.39 is 0 Å². The minimum absolute atomic E-state index is 0.00970. The molecule has 0 saturated carbocycles. The lowest BCUT2D eigenvalue weighted by atomic mass is 9.89. The molecule has 170 valence electrons. The molecule has 2 aromatic carbocycles. The molecule has 4 rings (SSSR count). The average Bonchev–Trinajstić information content (AvgIpc) is 3.20. The second-order valence-corrected chi connectivity index (χ2v) is 8.44. The second-order valence-electron chi connectivity index (χ2n) is 8.03. The highest BCUT2D eigenvalue weighted by Crippen LogP contribution is 2.45. The molecule has 0 spiro atoms. The van der Waals surface area contributed by atoms with Crippen molar-refractivity contribution in [3.63, 3.8) is 0 Å². The Kier molecular flexibility index (Phi) is 6.74. The molecule has 0 aliphatic carbocycles. The maximum absolute atomic E-state index is 13.3. The van der Waals surface area contributed by atoms with Crippen molar-refractivity contribution in [3.05, 3.63) is 57.2 Å². The van der Waals surface area contributed by atoms with Gasteiger partial charge in [0.25, 0.3) is 0 Å². The van der Waals surface area contributed by atoms with Crippen LogP contribution in [0.25, 0.3) is 22.3 Å². The summed E-state index contributed by atoms with van der Waals surface area (Å²) in [5, 5.41) is 11.1. The number of benzene rings is 2. The molecule has 1 saturated heterocycles. The summed E-state index contributed by atoms with van der Waals surface area (Å²) in [6.07, 6.45) is 1.82. The predicted octanol–water partition coefficient (Wildman–Crippen LogP) is 4.69. The number of likely N-dealkylation sites (tertiary alicyclic amines) is 1. The van der Waals surface area contributed by atoms with Crippen molar-refractivity contribution in [3.8, 4) is 22.8 Å². The van der Waals surface area contributed by atoms with E-state index in [2.05, 4.69) is 11.8 Å². The van der Waals surface area contributed by atoms with Crippen molar-refractivity contribution in [2.45, 2.75) is 31.7 Å². The first-order valence-corrected chi connectivity index (χ1v) is 11.2. The number of nitrogens with zero attached hydrogens (tertiary/aromatic N) is 1. The molecular weight excluding hydrogens is 430 g/mol. The average molecular weight is 458 g/mol. The van der Waals surface area contributed by atoms with Crippen LogP contribution in [0.2, 0.25) is 5.02 Å². The predicted molar refractivity (Wildman–Crippen MR) is 126 cm³/mol. The standard InChI is InChI=1S/C25H28ClNO5/c1-4-10-27-11-9-16(18(27)14-28)23-21(30-2)13-22(31-3)24-19(29)12-20(32-25(23)24)15-7-5-6-8-17(15)26/h5-8,12-13,16,18,28H,4,9-11,14H2,1-3H3/t16-,18+/m0/s1. The third kappa shape index (κ3) is 3.87. The Hall–Kier alpha value is -2.54. The Morgan fingerprint density at radius 1 is 1.19 bits per heavy atom. The summed E-state index contributed by atoms with van der Waals surface area (Å²) in [6, 6.07) is 10.3. The van der Waals surface area contributed by atoms with Gasteiger partial charge in [-0.1, -0.05) is 30.7 Å². The van der Waals surface area contributed by atoms with Gasteiger partial charge in [-0.25, -0.2) is 0 Å². The smallest absolute Gasteiger partial charge is 0.197 e. The van der Waals surface area contributed by atoms with E-state index in [-0.39, 0.29) is 24.0 Å². The topological polar surface area (TPSA) is 72.1 Å². The first-order chi connectivity index (χ1) is 15.5. The molecule has 2 heterocycles. The fourth-order valence-electron chi connectivity index (χ4n) is 4.83. The molecule has 1 aliphatic rings. The molecule has 0 bridgehead atoms. The molecule has 1 aromatic heterocycles. The SMILES string of the molecule is CCCN1CC[C@H](c2c(OC)cc(OC)c3c(=O)cc(-c4ccccc4Cl)oc23)[C@H]1CO. The third-order valence-corrected chi connectivity index (χ3v) is 6.60. The summed E-state index contributed by atoms with van der Waals surface area (Å²) >= 11 is 6.39. The van der Waals surface area contributed by atoms with Crippen molar-refractivity contribution in [1.82, 2.24) is 4.90 Å². The second kappa shape index (κ2) is 9.53. The van der Waals surface area contributed by atoms with Gasteiger partial charge in [-0.2, -0.15) is 0 Å². The van der Waals surface area contributed by atoms with Gasteiger partial charge in [-0.3, -0.25) is 9.69 Å². The first kappa shape index (κ1) is 22.6. The van der Waals surface area contributed by atoms with Crippen LogP contribution in [-0.2, 0) is 0 Å². The quantitative estimate of drug-likeness (QED) is 0.555. The number of aliphatic hydroxyl groups excluding tert-OH is 1. The fourth-order valence-corrected chi connectivity index (χ4v) is 5.06. The van der Waals surface area contributed by atoms with E-state index in [1.165, 1.54) is 13.2 Å². The van der Waals surface area contributed by atoms with Crippen LogP contribution >= 0.6 is 11.6 Å². The van der Waals surface area contributed by atoms with Crippen molar-refractivity contribution in [1.29, 1.82) is 0 Å². The molecule has 32 heavy (non-hydrogen) atoms. The Balaban J connectivity index is 2.01. The van der Waals surface area contributed by atoms with E-state index >= 15 is 0 Å². The van der Waals surface area contributed by atoms with E-state index in [0.717, 1.165) is 31.5 Å². The molecule has 1 N–H and O–H groups in total. The number of ether oxygens (including phenoxy) is 2. The van der Waals surface area contributed by atoms with Crippen LogP contribution in [-0.4, -0.2) is 50.0 Å². The van der Waals surface area contributed by atoms with E-state index in [4.69, 9.17) is 25.5 Å². The Morgan fingerprint density at radius 2 is 1.94 bits per heavy atom. The maximum atomic E-state index is 13.3. The lowest BCUT2D eigenvalue weighted by Gasteiger charge is -2.27. The molecular formula is C25H28ClNO5. The van der Waals surface area contributed by atoms with Gasteiger partial charge in [0, 0.05) is 35.2 Å². The number of rotatable bonds is 7. The van der Waals surface area contributed by atoms with Gasteiger partial charge in [0.15, 0.2) is 5.43 Å². The summed E-state index contributed by atoms with van der Waals surface area (Å²) in [4.78, 5) is 15.6. The van der Waals surface area contributed by atoms with Gasteiger partial charge in [0.05, 0.1) is 25.8 Å². The number of hydrogen-bond acceptors (Lipinski definition) is 6. The largest absolute Gasteiger partial charge is 0.496 e. The van der Waals surface area contributed by atoms with Crippen LogP contribution in [0, 0.1) is 0 Å². The Morgan fingerprint density at radius 3 is 2.59 bits per heavy atom. The van der Waals surface area contributed by atoms with Crippen molar-refractivity contribution in [2.24, 2.45) is 0 Å². The Bertz CT molecular complexity index is 1170. The molecule has 1 aliphatic heterocycles. The summed E-state index contributed by atoms with van der Waals surface area (Å²) in [5.41, 5.74) is 1.63. The summed E-state index contributed by atoms with van der Waals surface area (Å²) in [5.74, 6) is 1.30. The molecule has 6 nitrogen and oxygen atoms in total. The highest BCUT2D eigenvalue weighted by molar-refractivity contribution is 6.33. The molecule has 2 atom stereocenters. The zero-order chi connectivity index (χ0) is 22.8. The van der Waals surface area contributed by atoms with Gasteiger partial charge >= 0.3 is 0 Å². The van der Waals surface area contributed by atoms with Crippen molar-refractivity contribution < 1.29 is 19.0 Å². The number of fused-ring (bicyclic) bond motifs is 1. The van der Waals surface area contributed by atoms with E-state index in [9.17, 15) is 9.90 Å². The van der Waals surface area contributed by atoms with Crippen LogP contribution in [0.3, 0.4) is 0 Å². The Labute approximate surface area is 192 Å². The minimum Gasteiger partial charge on any atom is -0.496 e. The van der Waals surface area contributed by atoms with E-state index in [1.54, 1.807) is 19.2 Å². The zero-order valence-corrected chi connectivity index (χ0v) is 19.3. The van der Waals surface area contributed by atoms with Crippen molar-refractivity contribution >= 4 is 22.6 Å². The van der Waals surface area contributed by atoms with Crippen LogP contribution in [0.5, 0.6) is 11.5 Å². The summed E-state index contributed by atoms with van der Waals surface area (Å²) in [7, 11) is 3.11. The molecule has 7 heteroatoms. The molecule has 0 radical (unpaired) electrons. The molecule has 0 unspecified atom stereocenters. The molecule has 0 amide bonds. The van der Waals surface area contributed by atoms with Crippen LogP contribution in [0.1, 0.15) is 31.2 Å². The number of hydrogen-bond donors (Lipinski definition) is 1. The van der Waals surface area contributed by atoms with Crippen molar-refractivity contribution in [2.75, 3.05) is 33.9 Å². The lowest BCUT2D eigenvalue weighted by Crippen LogP contribution is -2.35. The van der Waals surface area contributed by atoms with Gasteiger partial charge in [0.2, 0.25) is 0 Å². The first-order valence-electron chi connectivity index (χ1n) is 10.9. The highest BCUT2D eigenvalue weighted by atomic mass is 35.5. The normalized spacial score (nSPS) is 18.9. The minimum atomic E-state index is -0.217. The van der Waals surface area contributed by atoms with Crippen LogP contribution < -0.4 is 14.9 Å². The zero-order valence-electron chi connectivity index (χ0n) is 18.6. The van der Waals surface area contributed by atoms with E-state index in [0.29, 0.717) is 38.8 Å². The van der Waals surface area contributed by atoms with Gasteiger partial charge < -0.3 is 19.0 Å². The molecule has 1 fully saturated rings. The lowest BCUT2D eigenvalue weighted by molar-refractivity contribution is 0.150. The fraction of sp³-hybridized carbons (Fsp3) is 0.400. The summed E-state index contributed by atoms with van der Waals surface area (Å²) in [6.45, 7) is 3.89. The third-order valence-electron chi connectivity index (χ3n) is 6.27. The molecule has 3 aromatic rings. The van der Waals surface area contributed by atoms with Gasteiger partial charge in [0.1, 0.15) is 28.2 Å². The number of aliphatic hydroxyl groups is 1. The maximum Gasteiger partial charge on any atom is 0.197 e. The van der Waals surface area contributed by atoms with Crippen LogP contribution in [0.15, 0.2) is 45.6 Å². The number of methoxy groups -OCH3 is 2. The number of halogens is 1. The summed E-state index contributed by atoms with van der Waals surface area (Å²) < 4.78 is 17.6. The van der Waals surface area contributed by atoms with E-state index in [1.807, 2.05) is 18.2 Å². The van der Waals surface area contributed by atoms with Gasteiger partial charge in [-0.05, 0) is 38.1 Å². The van der Waals surface area contributed by atoms with Crippen LogP contribution in [0.4, 0.5) is 0 Å². The monoisotopic (exact) mass is 457 g/mol. The van der Waals surface area contributed by atoms with Gasteiger partial charge in [-0.15, -0.1) is 0 Å². The highest BCUT2D eigenvalue weighted by Gasteiger charge is 2.38.